The Morgan fingerprint density at radius 2 is 1.16 bits per heavy atom. The molecule has 0 fully saturated rings. The molecule has 0 aliphatic rings. The second kappa shape index (κ2) is 13.9. The Morgan fingerprint density at radius 3 is 1.63 bits per heavy atom. The van der Waals surface area contributed by atoms with E-state index in [-0.39, 0.29) is 19.6 Å². The highest BCUT2D eigenvalue weighted by Gasteiger charge is 2.33. The number of aliphatic hydroxyl groups excluding tert-OH is 1. The van der Waals surface area contributed by atoms with Gasteiger partial charge in [-0.05, 0) is 40.8 Å². The third-order valence-electron chi connectivity index (χ3n) is 6.59. The van der Waals surface area contributed by atoms with Crippen LogP contribution in [0.15, 0.2) is 109 Å². The van der Waals surface area contributed by atoms with E-state index < -0.39 is 29.8 Å². The van der Waals surface area contributed by atoms with Gasteiger partial charge in [-0.15, -0.1) is 0 Å². The van der Waals surface area contributed by atoms with Crippen LogP contribution >= 0.6 is 0 Å². The van der Waals surface area contributed by atoms with Crippen LogP contribution in [-0.4, -0.2) is 34.8 Å². The predicted octanol–water partition coefficient (Wildman–Crippen LogP) is 5.48. The van der Waals surface area contributed by atoms with Crippen molar-refractivity contribution in [3.05, 3.63) is 143 Å². The monoisotopic (exact) mass is 516 g/mol. The van der Waals surface area contributed by atoms with Gasteiger partial charge in [-0.1, -0.05) is 91.0 Å². The van der Waals surface area contributed by atoms with Crippen LogP contribution in [0.2, 0.25) is 0 Å². The lowest BCUT2D eigenvalue weighted by Gasteiger charge is -2.39. The van der Waals surface area contributed by atoms with E-state index in [9.17, 15) is 13.9 Å². The molecule has 38 heavy (non-hydrogen) atoms. The normalized spacial score (nSPS) is 13.8. The van der Waals surface area contributed by atoms with E-state index in [1.54, 1.807) is 0 Å². The highest BCUT2D eigenvalue weighted by Crippen LogP contribution is 2.24. The smallest absolute Gasteiger partial charge is 0.126 e. The third-order valence-corrected chi connectivity index (χ3v) is 6.59. The SMILES string of the molecule is N[C@H](CO)[C@H](OCc1ccccc1)[C@H](Cc1cc(F)cc(F)c1)N(Cc1ccccc1)Cc1ccccc1. The number of nitrogens with two attached hydrogens (primary N) is 1. The maximum atomic E-state index is 14.2. The lowest BCUT2D eigenvalue weighted by atomic mass is 9.93. The predicted molar refractivity (Wildman–Crippen MR) is 146 cm³/mol. The largest absolute Gasteiger partial charge is 0.395 e. The van der Waals surface area contributed by atoms with Crippen LogP contribution in [0.5, 0.6) is 0 Å². The van der Waals surface area contributed by atoms with Crippen molar-refractivity contribution in [1.82, 2.24) is 4.90 Å². The number of benzene rings is 4. The van der Waals surface area contributed by atoms with E-state index in [2.05, 4.69) is 4.90 Å². The molecule has 0 aliphatic carbocycles. The average molecular weight is 517 g/mol. The van der Waals surface area contributed by atoms with Crippen molar-refractivity contribution >= 4 is 0 Å². The Kier molecular flexibility index (Phi) is 10.1. The Bertz CT molecular complexity index is 1180. The van der Waals surface area contributed by atoms with Crippen molar-refractivity contribution in [2.24, 2.45) is 5.73 Å². The highest BCUT2D eigenvalue weighted by atomic mass is 19.1. The Hall–Kier alpha value is -3.42. The molecule has 4 nitrogen and oxygen atoms in total. The van der Waals surface area contributed by atoms with Gasteiger partial charge >= 0.3 is 0 Å². The highest BCUT2D eigenvalue weighted by molar-refractivity contribution is 5.22. The third kappa shape index (κ3) is 8.04. The maximum absolute atomic E-state index is 14.2. The van der Waals surface area contributed by atoms with Crippen molar-refractivity contribution < 1.29 is 18.6 Å². The number of rotatable bonds is 13. The summed E-state index contributed by atoms with van der Waals surface area (Å²) in [5, 5.41) is 10.1. The summed E-state index contributed by atoms with van der Waals surface area (Å²) in [6.07, 6.45) is -0.347. The molecule has 3 N–H and O–H groups in total. The summed E-state index contributed by atoms with van der Waals surface area (Å²) in [4.78, 5) is 2.22. The molecule has 0 saturated carbocycles. The number of hydrogen-bond donors (Lipinski definition) is 2. The molecule has 0 amide bonds. The first-order valence-electron chi connectivity index (χ1n) is 12.8. The summed E-state index contributed by atoms with van der Waals surface area (Å²) in [5.41, 5.74) is 10.1. The van der Waals surface area contributed by atoms with Crippen LogP contribution in [0, 0.1) is 11.6 Å². The number of halogens is 2. The quantitative estimate of drug-likeness (QED) is 0.247. The van der Waals surface area contributed by atoms with Gasteiger partial charge in [0.05, 0.1) is 25.4 Å². The second-order valence-corrected chi connectivity index (χ2v) is 9.53. The molecule has 0 aliphatic heterocycles. The van der Waals surface area contributed by atoms with Crippen molar-refractivity contribution in [2.45, 2.75) is 44.3 Å². The molecule has 4 aromatic carbocycles. The summed E-state index contributed by atoms with van der Waals surface area (Å²) in [6.45, 7) is 1.11. The molecule has 0 heterocycles. The first-order valence-corrected chi connectivity index (χ1v) is 12.8. The zero-order chi connectivity index (χ0) is 26.7. The van der Waals surface area contributed by atoms with Gasteiger partial charge in [-0.2, -0.15) is 0 Å². The summed E-state index contributed by atoms with van der Waals surface area (Å²) in [5.74, 6) is -1.27. The van der Waals surface area contributed by atoms with Crippen molar-refractivity contribution in [1.29, 1.82) is 0 Å². The molecule has 0 saturated heterocycles. The number of ether oxygens (including phenoxy) is 1. The zero-order valence-corrected chi connectivity index (χ0v) is 21.3. The molecule has 0 spiro atoms. The zero-order valence-electron chi connectivity index (χ0n) is 21.3. The van der Waals surface area contributed by atoms with Gasteiger partial charge in [0.25, 0.3) is 0 Å². The average Bonchev–Trinajstić information content (AvgIpc) is 2.93. The fourth-order valence-corrected chi connectivity index (χ4v) is 4.74. The van der Waals surface area contributed by atoms with Crippen LogP contribution in [0.25, 0.3) is 0 Å². The van der Waals surface area contributed by atoms with E-state index in [4.69, 9.17) is 10.5 Å². The number of nitrogens with zero attached hydrogens (tertiary/aromatic N) is 1. The molecule has 4 aromatic rings. The molecule has 6 heteroatoms. The lowest BCUT2D eigenvalue weighted by molar-refractivity contribution is -0.0509. The first kappa shape index (κ1) is 27.6. The molecule has 0 radical (unpaired) electrons. The Balaban J connectivity index is 1.73. The summed E-state index contributed by atoms with van der Waals surface area (Å²) in [6, 6.07) is 32.2. The molecule has 4 rings (SSSR count). The molecule has 3 atom stereocenters. The van der Waals surface area contributed by atoms with E-state index >= 15 is 0 Å². The van der Waals surface area contributed by atoms with Crippen LogP contribution in [0.3, 0.4) is 0 Å². The molecule has 0 aromatic heterocycles. The van der Waals surface area contributed by atoms with E-state index in [1.165, 1.54) is 12.1 Å². The van der Waals surface area contributed by atoms with Crippen LogP contribution < -0.4 is 5.73 Å². The summed E-state index contributed by atoms with van der Waals surface area (Å²) in [7, 11) is 0. The van der Waals surface area contributed by atoms with Gasteiger partial charge < -0.3 is 15.6 Å². The molecule has 0 bridgehead atoms. The van der Waals surface area contributed by atoms with Crippen LogP contribution in [0.4, 0.5) is 8.78 Å². The minimum atomic E-state index is -0.712. The minimum Gasteiger partial charge on any atom is -0.395 e. The second-order valence-electron chi connectivity index (χ2n) is 9.53. The van der Waals surface area contributed by atoms with Gasteiger partial charge in [-0.3, -0.25) is 4.90 Å². The summed E-state index contributed by atoms with van der Waals surface area (Å²) < 4.78 is 34.9. The molecule has 0 unspecified atom stereocenters. The lowest BCUT2D eigenvalue weighted by Crippen LogP contribution is -2.54. The summed E-state index contributed by atoms with van der Waals surface area (Å²) >= 11 is 0. The van der Waals surface area contributed by atoms with Crippen molar-refractivity contribution in [3.63, 3.8) is 0 Å². The maximum Gasteiger partial charge on any atom is 0.126 e. The number of hydrogen-bond acceptors (Lipinski definition) is 4. The van der Waals surface area contributed by atoms with Crippen LogP contribution in [0.1, 0.15) is 22.3 Å². The molecular weight excluding hydrogens is 482 g/mol. The fraction of sp³-hybridized carbons (Fsp3) is 0.250. The number of aliphatic hydroxyl groups is 1. The fourth-order valence-electron chi connectivity index (χ4n) is 4.74. The van der Waals surface area contributed by atoms with Crippen molar-refractivity contribution in [3.8, 4) is 0 Å². The van der Waals surface area contributed by atoms with Gasteiger partial charge in [-0.25, -0.2) is 8.78 Å². The standard InChI is InChI=1S/C32H34F2N2O2/c33-28-16-27(17-29(34)19-28)18-31(32(30(35)22-37)38-23-26-14-8-3-9-15-26)36(20-24-10-4-1-5-11-24)21-25-12-6-2-7-13-25/h1-17,19,30-32,37H,18,20-23,35H2/t30-,31+,32+/m1/s1. The molecule has 198 valence electrons. The first-order chi connectivity index (χ1) is 18.5. The minimum absolute atomic E-state index is 0.279. The van der Waals surface area contributed by atoms with Gasteiger partial charge in [0, 0.05) is 25.2 Å². The Labute approximate surface area is 223 Å². The van der Waals surface area contributed by atoms with Gasteiger partial charge in [0.1, 0.15) is 11.6 Å². The van der Waals surface area contributed by atoms with Gasteiger partial charge in [0.2, 0.25) is 0 Å². The van der Waals surface area contributed by atoms with Crippen molar-refractivity contribution in [2.75, 3.05) is 6.61 Å². The van der Waals surface area contributed by atoms with E-state index in [0.717, 1.165) is 22.8 Å². The van der Waals surface area contributed by atoms with E-state index in [0.29, 0.717) is 18.7 Å². The molecular formula is C32H34F2N2O2. The van der Waals surface area contributed by atoms with Crippen LogP contribution in [-0.2, 0) is 30.9 Å². The topological polar surface area (TPSA) is 58.7 Å². The van der Waals surface area contributed by atoms with Gasteiger partial charge in [0.15, 0.2) is 0 Å². The Morgan fingerprint density at radius 1 is 0.684 bits per heavy atom. The van der Waals surface area contributed by atoms with E-state index in [1.807, 2.05) is 91.0 Å².